The molecule has 0 N–H and O–H groups in total. The molecule has 1 aliphatic rings. The molecule has 1 aromatic heterocycles. The molecule has 1 unspecified atom stereocenters. The second-order valence-electron chi connectivity index (χ2n) is 4.04. The van der Waals surface area contributed by atoms with Crippen LogP contribution in [0.3, 0.4) is 0 Å². The Labute approximate surface area is 89.7 Å². The quantitative estimate of drug-likeness (QED) is 0.743. The number of pyridine rings is 1. The minimum atomic E-state index is -0.484. The molecular weight excluding hydrogens is 190 g/mol. The maximum Gasteiger partial charge on any atom is 0.163 e. The van der Waals surface area contributed by atoms with E-state index >= 15 is 0 Å². The lowest BCUT2D eigenvalue weighted by Gasteiger charge is -2.16. The highest BCUT2D eigenvalue weighted by Crippen LogP contribution is 2.32. The van der Waals surface area contributed by atoms with Gasteiger partial charge >= 0.3 is 0 Å². The molecule has 0 bridgehead atoms. The van der Waals surface area contributed by atoms with Crippen LogP contribution in [0.4, 0.5) is 0 Å². The Morgan fingerprint density at radius 3 is 2.80 bits per heavy atom. The van der Waals surface area contributed by atoms with Crippen LogP contribution in [-0.2, 0) is 9.47 Å². The lowest BCUT2D eigenvalue weighted by Crippen LogP contribution is -2.19. The van der Waals surface area contributed by atoms with Crippen LogP contribution in [-0.4, -0.2) is 17.4 Å². The molecule has 0 radical (unpaired) electrons. The van der Waals surface area contributed by atoms with Gasteiger partial charge in [-0.25, -0.2) is 0 Å². The van der Waals surface area contributed by atoms with Gasteiger partial charge in [-0.15, -0.1) is 0 Å². The Morgan fingerprint density at radius 1 is 1.53 bits per heavy atom. The predicted molar refractivity (Wildman–Crippen MR) is 58.2 cm³/mol. The van der Waals surface area contributed by atoms with Crippen LogP contribution < -0.4 is 0 Å². The molecule has 3 heteroatoms. The van der Waals surface area contributed by atoms with Crippen LogP contribution in [0.5, 0.6) is 0 Å². The smallest absolute Gasteiger partial charge is 0.163 e. The summed E-state index contributed by atoms with van der Waals surface area (Å²) in [4.78, 5) is 4.24. The fourth-order valence-corrected chi connectivity index (χ4v) is 1.58. The molecule has 80 valence electrons. The molecular formula is C12H15NO2. The molecule has 3 nitrogen and oxygen atoms in total. The van der Waals surface area contributed by atoms with Crippen molar-refractivity contribution in [2.24, 2.45) is 0 Å². The van der Waals surface area contributed by atoms with Gasteiger partial charge in [-0.05, 0) is 26.0 Å². The van der Waals surface area contributed by atoms with E-state index in [2.05, 4.69) is 11.6 Å². The monoisotopic (exact) mass is 205 g/mol. The third-order valence-corrected chi connectivity index (χ3v) is 2.40. The predicted octanol–water partition coefficient (Wildman–Crippen LogP) is 2.55. The molecule has 1 atom stereocenters. The summed E-state index contributed by atoms with van der Waals surface area (Å²) in [6.45, 7) is 8.08. The number of hydrogen-bond acceptors (Lipinski definition) is 3. The van der Waals surface area contributed by atoms with Gasteiger partial charge in [-0.2, -0.15) is 0 Å². The van der Waals surface area contributed by atoms with E-state index in [4.69, 9.17) is 9.47 Å². The fourth-order valence-electron chi connectivity index (χ4n) is 1.58. The molecule has 2 rings (SSSR count). The Hall–Kier alpha value is -1.19. The van der Waals surface area contributed by atoms with Crippen LogP contribution >= 0.6 is 0 Å². The lowest BCUT2D eigenvalue weighted by molar-refractivity contribution is -0.139. The first-order valence-corrected chi connectivity index (χ1v) is 5.01. The van der Waals surface area contributed by atoms with Crippen molar-refractivity contribution in [3.8, 4) is 0 Å². The molecule has 1 aliphatic heterocycles. The molecule has 0 spiro atoms. The van der Waals surface area contributed by atoms with Crippen molar-refractivity contribution in [3.05, 3.63) is 36.2 Å². The van der Waals surface area contributed by atoms with E-state index in [1.165, 1.54) is 0 Å². The SMILES string of the molecule is C=Cc1ccc(C2COC(C)(C)O2)cn1. The summed E-state index contributed by atoms with van der Waals surface area (Å²) in [6.07, 6.45) is 3.53. The second kappa shape index (κ2) is 3.76. The van der Waals surface area contributed by atoms with Gasteiger partial charge in [0.1, 0.15) is 6.10 Å². The normalized spacial score (nSPS) is 24.0. The van der Waals surface area contributed by atoms with E-state index in [0.717, 1.165) is 11.3 Å². The van der Waals surface area contributed by atoms with Gasteiger partial charge in [0.15, 0.2) is 5.79 Å². The number of ether oxygens (including phenoxy) is 2. The molecule has 1 fully saturated rings. The van der Waals surface area contributed by atoms with Crippen LogP contribution in [0.25, 0.3) is 6.08 Å². The second-order valence-corrected chi connectivity index (χ2v) is 4.04. The Kier molecular flexibility index (Phi) is 2.59. The summed E-state index contributed by atoms with van der Waals surface area (Å²) < 4.78 is 11.2. The van der Waals surface area contributed by atoms with Gasteiger partial charge in [0.2, 0.25) is 0 Å². The van der Waals surface area contributed by atoms with E-state index in [-0.39, 0.29) is 6.10 Å². The number of hydrogen-bond donors (Lipinski definition) is 0. The molecule has 2 heterocycles. The molecule has 15 heavy (non-hydrogen) atoms. The zero-order valence-corrected chi connectivity index (χ0v) is 9.06. The molecule has 0 aliphatic carbocycles. The Balaban J connectivity index is 2.14. The standard InChI is InChI=1S/C12H15NO2/c1-4-10-6-5-9(7-13-10)11-8-14-12(2,3)15-11/h4-7,11H,1,8H2,2-3H3. The molecule has 0 aromatic carbocycles. The Bertz CT molecular complexity index is 356. The highest BCUT2D eigenvalue weighted by atomic mass is 16.7. The van der Waals surface area contributed by atoms with Crippen molar-refractivity contribution >= 4 is 6.08 Å². The minimum Gasteiger partial charge on any atom is -0.347 e. The maximum absolute atomic E-state index is 5.72. The first-order chi connectivity index (χ1) is 7.11. The molecule has 1 saturated heterocycles. The topological polar surface area (TPSA) is 31.4 Å². The lowest BCUT2D eigenvalue weighted by atomic mass is 10.1. The first kappa shape index (κ1) is 10.3. The average Bonchev–Trinajstić information content (AvgIpc) is 2.59. The number of nitrogens with zero attached hydrogens (tertiary/aromatic N) is 1. The Morgan fingerprint density at radius 2 is 2.33 bits per heavy atom. The van der Waals surface area contributed by atoms with Crippen molar-refractivity contribution in [1.82, 2.24) is 4.98 Å². The third-order valence-electron chi connectivity index (χ3n) is 2.40. The van der Waals surface area contributed by atoms with Crippen molar-refractivity contribution in [2.45, 2.75) is 25.7 Å². The first-order valence-electron chi connectivity index (χ1n) is 5.01. The summed E-state index contributed by atoms with van der Waals surface area (Å²) in [6, 6.07) is 3.93. The highest BCUT2D eigenvalue weighted by molar-refractivity contribution is 5.41. The third kappa shape index (κ3) is 2.25. The number of rotatable bonds is 2. The van der Waals surface area contributed by atoms with Gasteiger partial charge in [0.25, 0.3) is 0 Å². The molecule has 0 amide bonds. The van der Waals surface area contributed by atoms with Crippen LogP contribution in [0, 0.1) is 0 Å². The van der Waals surface area contributed by atoms with E-state index in [0.29, 0.717) is 6.61 Å². The van der Waals surface area contributed by atoms with Crippen LogP contribution in [0.15, 0.2) is 24.9 Å². The van der Waals surface area contributed by atoms with Gasteiger partial charge in [0, 0.05) is 11.8 Å². The maximum atomic E-state index is 5.72. The van der Waals surface area contributed by atoms with Gasteiger partial charge in [0.05, 0.1) is 12.3 Å². The zero-order valence-electron chi connectivity index (χ0n) is 9.06. The van der Waals surface area contributed by atoms with E-state index in [9.17, 15) is 0 Å². The van der Waals surface area contributed by atoms with Gasteiger partial charge < -0.3 is 9.47 Å². The zero-order chi connectivity index (χ0) is 10.9. The summed E-state index contributed by atoms with van der Waals surface area (Å²) in [5.74, 6) is -0.484. The summed E-state index contributed by atoms with van der Waals surface area (Å²) in [5.41, 5.74) is 1.92. The van der Waals surface area contributed by atoms with Gasteiger partial charge in [-0.3, -0.25) is 4.98 Å². The van der Waals surface area contributed by atoms with Crippen molar-refractivity contribution in [3.63, 3.8) is 0 Å². The van der Waals surface area contributed by atoms with Crippen molar-refractivity contribution < 1.29 is 9.47 Å². The number of aromatic nitrogens is 1. The average molecular weight is 205 g/mol. The fraction of sp³-hybridized carbons (Fsp3) is 0.417. The molecule has 1 aromatic rings. The van der Waals surface area contributed by atoms with Crippen molar-refractivity contribution in [2.75, 3.05) is 6.61 Å². The van der Waals surface area contributed by atoms with E-state index < -0.39 is 5.79 Å². The van der Waals surface area contributed by atoms with Crippen LogP contribution in [0.2, 0.25) is 0 Å². The van der Waals surface area contributed by atoms with Crippen molar-refractivity contribution in [1.29, 1.82) is 0 Å². The summed E-state index contributed by atoms with van der Waals surface area (Å²) in [7, 11) is 0. The van der Waals surface area contributed by atoms with Gasteiger partial charge in [-0.1, -0.05) is 12.6 Å². The minimum absolute atomic E-state index is 0.00800. The van der Waals surface area contributed by atoms with E-state index in [1.54, 1.807) is 6.08 Å². The van der Waals surface area contributed by atoms with E-state index in [1.807, 2.05) is 32.2 Å². The summed E-state index contributed by atoms with van der Waals surface area (Å²) >= 11 is 0. The molecule has 0 saturated carbocycles. The van der Waals surface area contributed by atoms with Crippen LogP contribution in [0.1, 0.15) is 31.2 Å². The highest BCUT2D eigenvalue weighted by Gasteiger charge is 2.33. The summed E-state index contributed by atoms with van der Waals surface area (Å²) in [5, 5.41) is 0. The largest absolute Gasteiger partial charge is 0.347 e.